The van der Waals surface area contributed by atoms with Gasteiger partial charge in [-0.3, -0.25) is 9.69 Å². The second-order valence-electron chi connectivity index (χ2n) is 5.50. The Morgan fingerprint density at radius 1 is 1.27 bits per heavy atom. The first-order valence-corrected chi connectivity index (χ1v) is 7.80. The number of phenolic OH excluding ortho intramolecular Hbond substituents is 1. The second-order valence-corrected chi connectivity index (χ2v) is 6.66. The van der Waals surface area contributed by atoms with Gasteiger partial charge in [0.2, 0.25) is 4.96 Å². The first-order valence-electron chi connectivity index (χ1n) is 6.98. The molecular weight excluding hydrogens is 300 g/mol. The van der Waals surface area contributed by atoms with Crippen LogP contribution < -0.4 is 5.56 Å². The Hall–Kier alpha value is -2.25. The molecule has 1 N–H and O–H groups in total. The Bertz CT molecular complexity index is 931. The van der Waals surface area contributed by atoms with Crippen molar-refractivity contribution >= 4 is 16.3 Å². The fraction of sp³-hybridized carbons (Fsp3) is 0.267. The summed E-state index contributed by atoms with van der Waals surface area (Å²) in [5.74, 6) is 0.290. The molecule has 22 heavy (non-hydrogen) atoms. The van der Waals surface area contributed by atoms with Gasteiger partial charge in [0, 0.05) is 25.7 Å². The molecule has 0 unspecified atom stereocenters. The molecule has 1 aliphatic heterocycles. The molecule has 0 spiro atoms. The van der Waals surface area contributed by atoms with Crippen molar-refractivity contribution < 1.29 is 5.11 Å². The molecule has 2 aromatic heterocycles. The molecule has 112 valence electrons. The maximum absolute atomic E-state index is 12.1. The van der Waals surface area contributed by atoms with Gasteiger partial charge >= 0.3 is 0 Å². The highest BCUT2D eigenvalue weighted by atomic mass is 32.1. The summed E-state index contributed by atoms with van der Waals surface area (Å²) in [5, 5.41) is 14.5. The van der Waals surface area contributed by atoms with Gasteiger partial charge in [0.15, 0.2) is 0 Å². The maximum atomic E-state index is 12.1. The molecule has 0 amide bonds. The summed E-state index contributed by atoms with van der Waals surface area (Å²) in [7, 11) is 0. The van der Waals surface area contributed by atoms with Gasteiger partial charge in [0.1, 0.15) is 10.8 Å². The SMILES string of the molecule is Cc1nn2c(=O)cc(CN3Cc4ccc(O)cc4C3)nc2s1. The largest absolute Gasteiger partial charge is 0.508 e. The molecule has 0 fully saturated rings. The quantitative estimate of drug-likeness (QED) is 0.779. The number of aromatic hydroxyl groups is 1. The van der Waals surface area contributed by atoms with Crippen molar-refractivity contribution in [2.75, 3.05) is 0 Å². The summed E-state index contributed by atoms with van der Waals surface area (Å²) >= 11 is 1.42. The normalized spacial score (nSPS) is 14.6. The minimum absolute atomic E-state index is 0.140. The molecule has 6 nitrogen and oxygen atoms in total. The van der Waals surface area contributed by atoms with E-state index >= 15 is 0 Å². The van der Waals surface area contributed by atoms with Crippen LogP contribution in [0.1, 0.15) is 21.8 Å². The van der Waals surface area contributed by atoms with Crippen molar-refractivity contribution in [1.29, 1.82) is 0 Å². The van der Waals surface area contributed by atoms with Gasteiger partial charge in [-0.15, -0.1) is 0 Å². The summed E-state index contributed by atoms with van der Waals surface area (Å²) in [6.45, 7) is 4.03. The number of phenols is 1. The first kappa shape index (κ1) is 13.4. The van der Waals surface area contributed by atoms with E-state index in [1.807, 2.05) is 13.0 Å². The standard InChI is InChI=1S/C15H14N4O2S/c1-9-17-19-14(21)5-12(16-15(19)22-9)8-18-6-10-2-3-13(20)4-11(10)7-18/h2-5,20H,6-8H2,1H3. The van der Waals surface area contributed by atoms with Gasteiger partial charge in [-0.1, -0.05) is 17.4 Å². The predicted octanol–water partition coefficient (Wildman–Crippen LogP) is 1.68. The van der Waals surface area contributed by atoms with Crippen LogP contribution in [0, 0.1) is 6.92 Å². The van der Waals surface area contributed by atoms with Crippen LogP contribution in [0.4, 0.5) is 0 Å². The Kier molecular flexibility index (Phi) is 2.98. The van der Waals surface area contributed by atoms with Gasteiger partial charge < -0.3 is 5.11 Å². The summed E-state index contributed by atoms with van der Waals surface area (Å²) in [4.78, 5) is 19.4. The number of benzene rings is 1. The van der Waals surface area contributed by atoms with Gasteiger partial charge in [-0.2, -0.15) is 9.61 Å². The van der Waals surface area contributed by atoms with Gasteiger partial charge in [-0.25, -0.2) is 4.98 Å². The van der Waals surface area contributed by atoms with Crippen molar-refractivity contribution in [1.82, 2.24) is 19.5 Å². The van der Waals surface area contributed by atoms with Crippen LogP contribution in [0.3, 0.4) is 0 Å². The molecule has 7 heteroatoms. The van der Waals surface area contributed by atoms with Crippen LogP contribution in [0.15, 0.2) is 29.1 Å². The van der Waals surface area contributed by atoms with E-state index in [1.54, 1.807) is 18.2 Å². The second kappa shape index (κ2) is 4.89. The number of nitrogens with zero attached hydrogens (tertiary/aromatic N) is 4. The molecule has 0 saturated carbocycles. The zero-order valence-electron chi connectivity index (χ0n) is 12.0. The highest BCUT2D eigenvalue weighted by Gasteiger charge is 2.20. The zero-order valence-corrected chi connectivity index (χ0v) is 12.8. The summed E-state index contributed by atoms with van der Waals surface area (Å²) < 4.78 is 1.35. The minimum atomic E-state index is -0.140. The number of hydrogen-bond acceptors (Lipinski definition) is 6. The zero-order chi connectivity index (χ0) is 15.3. The Balaban J connectivity index is 1.61. The Labute approximate surface area is 130 Å². The van der Waals surface area contributed by atoms with Crippen LogP contribution in [0.2, 0.25) is 0 Å². The van der Waals surface area contributed by atoms with Crippen molar-refractivity contribution in [3.8, 4) is 5.75 Å². The third-order valence-corrected chi connectivity index (χ3v) is 4.59. The Morgan fingerprint density at radius 2 is 2.09 bits per heavy atom. The van der Waals surface area contributed by atoms with Crippen LogP contribution in [-0.4, -0.2) is 24.6 Å². The molecule has 1 aromatic carbocycles. The van der Waals surface area contributed by atoms with Crippen LogP contribution in [-0.2, 0) is 19.6 Å². The van der Waals surface area contributed by atoms with Crippen LogP contribution >= 0.6 is 11.3 Å². The number of rotatable bonds is 2. The van der Waals surface area contributed by atoms with Gasteiger partial charge in [0.05, 0.1) is 5.69 Å². The van der Waals surface area contributed by atoms with Gasteiger partial charge in [-0.05, 0) is 30.2 Å². The fourth-order valence-electron chi connectivity index (χ4n) is 2.83. The molecule has 0 atom stereocenters. The van der Waals surface area contributed by atoms with E-state index in [0.717, 1.165) is 29.4 Å². The third kappa shape index (κ3) is 2.28. The average molecular weight is 314 g/mol. The summed E-state index contributed by atoms with van der Waals surface area (Å²) in [6.07, 6.45) is 0. The van der Waals surface area contributed by atoms with E-state index in [4.69, 9.17) is 0 Å². The lowest BCUT2D eigenvalue weighted by Gasteiger charge is -2.13. The molecule has 3 aromatic rings. The predicted molar refractivity (Wildman–Crippen MR) is 82.9 cm³/mol. The molecule has 0 aliphatic carbocycles. The number of aromatic nitrogens is 3. The Morgan fingerprint density at radius 3 is 2.95 bits per heavy atom. The van der Waals surface area contributed by atoms with E-state index in [-0.39, 0.29) is 5.56 Å². The molecule has 0 bridgehead atoms. The number of hydrogen-bond donors (Lipinski definition) is 1. The highest BCUT2D eigenvalue weighted by Crippen LogP contribution is 2.27. The van der Waals surface area contributed by atoms with Gasteiger partial charge in [0.25, 0.3) is 5.56 Å². The number of aryl methyl sites for hydroxylation is 1. The van der Waals surface area contributed by atoms with Crippen LogP contribution in [0.5, 0.6) is 5.75 Å². The van der Waals surface area contributed by atoms with E-state index in [0.29, 0.717) is 17.3 Å². The molecule has 3 heterocycles. The smallest absolute Gasteiger partial charge is 0.275 e. The lowest BCUT2D eigenvalue weighted by molar-refractivity contribution is 0.272. The third-order valence-electron chi connectivity index (χ3n) is 3.76. The average Bonchev–Trinajstić information content (AvgIpc) is 3.00. The van der Waals surface area contributed by atoms with Crippen LogP contribution in [0.25, 0.3) is 4.96 Å². The molecule has 4 rings (SSSR count). The summed E-state index contributed by atoms with van der Waals surface area (Å²) in [5.41, 5.74) is 2.96. The minimum Gasteiger partial charge on any atom is -0.508 e. The van der Waals surface area contributed by atoms with Crippen molar-refractivity contribution in [2.45, 2.75) is 26.6 Å². The molecule has 1 aliphatic rings. The fourth-order valence-corrected chi connectivity index (χ4v) is 3.59. The maximum Gasteiger partial charge on any atom is 0.275 e. The summed E-state index contributed by atoms with van der Waals surface area (Å²) in [6, 6.07) is 7.00. The van der Waals surface area contributed by atoms with E-state index in [1.165, 1.54) is 21.4 Å². The van der Waals surface area contributed by atoms with Crippen molar-refractivity contribution in [3.05, 3.63) is 56.4 Å². The first-order chi connectivity index (χ1) is 10.6. The number of fused-ring (bicyclic) bond motifs is 2. The van der Waals surface area contributed by atoms with Crippen molar-refractivity contribution in [3.63, 3.8) is 0 Å². The monoisotopic (exact) mass is 314 g/mol. The van der Waals surface area contributed by atoms with E-state index < -0.39 is 0 Å². The lowest BCUT2D eigenvalue weighted by atomic mass is 10.1. The molecular formula is C15H14N4O2S. The van der Waals surface area contributed by atoms with E-state index in [9.17, 15) is 9.90 Å². The lowest BCUT2D eigenvalue weighted by Crippen LogP contribution is -2.21. The van der Waals surface area contributed by atoms with Crippen molar-refractivity contribution in [2.24, 2.45) is 0 Å². The molecule has 0 radical (unpaired) electrons. The molecule has 0 saturated heterocycles. The highest BCUT2D eigenvalue weighted by molar-refractivity contribution is 7.16. The topological polar surface area (TPSA) is 70.7 Å². The van der Waals surface area contributed by atoms with E-state index in [2.05, 4.69) is 15.0 Å².